The Balaban J connectivity index is 1.49. The van der Waals surface area contributed by atoms with E-state index in [9.17, 15) is 0 Å². The molecule has 2 aromatic carbocycles. The Morgan fingerprint density at radius 1 is 1.11 bits per heavy atom. The topological polar surface area (TPSA) is 63.3 Å². The number of H-pyrrole nitrogens is 1. The molecule has 0 saturated carbocycles. The normalized spacial score (nSPS) is 17.3. The summed E-state index contributed by atoms with van der Waals surface area (Å²) in [6, 6.07) is 16.2. The molecule has 1 unspecified atom stereocenters. The van der Waals surface area contributed by atoms with Crippen LogP contribution in [0.1, 0.15) is 12.0 Å². The van der Waals surface area contributed by atoms with E-state index in [4.69, 9.17) is 9.47 Å². The smallest absolute Gasteiger partial charge is 0.181 e. The zero-order valence-electron chi connectivity index (χ0n) is 15.7. The van der Waals surface area contributed by atoms with Crippen LogP contribution in [-0.4, -0.2) is 53.5 Å². The van der Waals surface area contributed by atoms with Gasteiger partial charge in [0.05, 0.1) is 13.2 Å². The molecule has 1 aliphatic heterocycles. The maximum absolute atomic E-state index is 5.46. The summed E-state index contributed by atoms with van der Waals surface area (Å²) < 4.78 is 10.7. The number of benzene rings is 2. The van der Waals surface area contributed by atoms with Crippen molar-refractivity contribution >= 4 is 0 Å². The highest BCUT2D eigenvalue weighted by atomic mass is 16.5. The van der Waals surface area contributed by atoms with E-state index in [1.54, 1.807) is 14.2 Å². The second-order valence-electron chi connectivity index (χ2n) is 6.82. The third-order valence-electron chi connectivity index (χ3n) is 5.00. The molecule has 1 atom stereocenters. The number of ether oxygens (including phenoxy) is 2. The number of aromatic nitrogens is 3. The highest BCUT2D eigenvalue weighted by Crippen LogP contribution is 2.23. The van der Waals surface area contributed by atoms with Gasteiger partial charge < -0.3 is 9.47 Å². The Hall–Kier alpha value is -2.70. The monoisotopic (exact) mass is 364 g/mol. The van der Waals surface area contributed by atoms with Crippen LogP contribution in [0.3, 0.4) is 0 Å². The van der Waals surface area contributed by atoms with E-state index in [1.165, 1.54) is 5.56 Å². The lowest BCUT2D eigenvalue weighted by Gasteiger charge is -2.15. The molecule has 3 aromatic rings. The van der Waals surface area contributed by atoms with Gasteiger partial charge in [-0.25, -0.2) is 4.98 Å². The summed E-state index contributed by atoms with van der Waals surface area (Å²) in [5.74, 6) is 2.28. The maximum Gasteiger partial charge on any atom is 0.181 e. The van der Waals surface area contributed by atoms with E-state index >= 15 is 0 Å². The van der Waals surface area contributed by atoms with E-state index in [2.05, 4.69) is 38.3 Å². The Bertz CT molecular complexity index is 891. The molecular formula is C21H24N4O2. The van der Waals surface area contributed by atoms with Crippen LogP contribution < -0.4 is 4.74 Å². The number of nitrogens with one attached hydrogen (secondary N) is 1. The minimum absolute atomic E-state index is 0.355. The van der Waals surface area contributed by atoms with Crippen molar-refractivity contribution in [2.45, 2.75) is 19.1 Å². The van der Waals surface area contributed by atoms with Gasteiger partial charge in [0.25, 0.3) is 0 Å². The van der Waals surface area contributed by atoms with Crippen LogP contribution in [0.4, 0.5) is 0 Å². The molecule has 1 saturated heterocycles. The third kappa shape index (κ3) is 4.02. The van der Waals surface area contributed by atoms with Crippen molar-refractivity contribution in [3.05, 3.63) is 54.1 Å². The van der Waals surface area contributed by atoms with Crippen LogP contribution in [0, 0.1) is 0 Å². The predicted molar refractivity (Wildman–Crippen MR) is 104 cm³/mol. The minimum atomic E-state index is 0.355. The van der Waals surface area contributed by atoms with E-state index < -0.39 is 0 Å². The fraction of sp³-hybridized carbons (Fsp3) is 0.333. The molecule has 2 heterocycles. The first-order valence-corrected chi connectivity index (χ1v) is 9.16. The first kappa shape index (κ1) is 17.7. The summed E-state index contributed by atoms with van der Waals surface area (Å²) in [6.07, 6.45) is 1.45. The van der Waals surface area contributed by atoms with Gasteiger partial charge in [-0.05, 0) is 42.3 Å². The summed E-state index contributed by atoms with van der Waals surface area (Å²) in [7, 11) is 3.45. The Labute approximate surface area is 159 Å². The Morgan fingerprint density at radius 3 is 2.70 bits per heavy atom. The number of aromatic amines is 1. The van der Waals surface area contributed by atoms with Gasteiger partial charge in [0, 0.05) is 37.9 Å². The number of methoxy groups -OCH3 is 2. The maximum atomic E-state index is 5.46. The van der Waals surface area contributed by atoms with Gasteiger partial charge in [-0.3, -0.25) is 10.00 Å². The lowest BCUT2D eigenvalue weighted by atomic mass is 10.1. The van der Waals surface area contributed by atoms with Crippen LogP contribution >= 0.6 is 0 Å². The van der Waals surface area contributed by atoms with E-state index in [1.807, 2.05) is 30.3 Å². The van der Waals surface area contributed by atoms with Gasteiger partial charge in [-0.2, -0.15) is 5.10 Å². The number of likely N-dealkylation sites (tertiary alicyclic amines) is 1. The van der Waals surface area contributed by atoms with Crippen LogP contribution in [0.2, 0.25) is 0 Å². The van der Waals surface area contributed by atoms with Crippen molar-refractivity contribution in [2.75, 3.05) is 27.3 Å². The van der Waals surface area contributed by atoms with Crippen LogP contribution in [0.15, 0.2) is 48.5 Å². The lowest BCUT2D eigenvalue weighted by Crippen LogP contribution is -2.22. The van der Waals surface area contributed by atoms with Crippen molar-refractivity contribution in [1.82, 2.24) is 20.1 Å². The number of hydrogen-bond donors (Lipinski definition) is 1. The Kier molecular flexibility index (Phi) is 5.18. The SMILES string of the molecule is COc1ccc(-c2nc(-c3cccc(CN4CCC(OC)C4)c3)n[nH]2)cc1. The Morgan fingerprint density at radius 2 is 1.96 bits per heavy atom. The summed E-state index contributed by atoms with van der Waals surface area (Å²) >= 11 is 0. The van der Waals surface area contributed by atoms with Crippen molar-refractivity contribution in [1.29, 1.82) is 0 Å². The molecule has 140 valence electrons. The molecular weight excluding hydrogens is 340 g/mol. The standard InChI is InChI=1S/C21H24N4O2/c1-26-18-8-6-16(7-9-18)20-22-21(24-23-20)17-5-3-4-15(12-17)13-25-11-10-19(14-25)27-2/h3-9,12,19H,10-11,13-14H2,1-2H3,(H,22,23,24). The molecule has 1 N–H and O–H groups in total. The highest BCUT2D eigenvalue weighted by Gasteiger charge is 2.22. The number of nitrogens with zero attached hydrogens (tertiary/aromatic N) is 3. The summed E-state index contributed by atoms with van der Waals surface area (Å²) in [4.78, 5) is 7.09. The fourth-order valence-electron chi connectivity index (χ4n) is 3.47. The number of hydrogen-bond acceptors (Lipinski definition) is 5. The fourth-order valence-corrected chi connectivity index (χ4v) is 3.47. The summed E-state index contributed by atoms with van der Waals surface area (Å²) in [5.41, 5.74) is 3.26. The van der Waals surface area contributed by atoms with E-state index in [0.717, 1.165) is 48.8 Å². The zero-order chi connectivity index (χ0) is 18.6. The molecule has 4 rings (SSSR count). The highest BCUT2D eigenvalue weighted by molar-refractivity contribution is 5.62. The van der Waals surface area contributed by atoms with Gasteiger partial charge >= 0.3 is 0 Å². The van der Waals surface area contributed by atoms with E-state index in [-0.39, 0.29) is 0 Å². The first-order valence-electron chi connectivity index (χ1n) is 9.16. The predicted octanol–water partition coefficient (Wildman–Crippen LogP) is 3.37. The van der Waals surface area contributed by atoms with E-state index in [0.29, 0.717) is 11.9 Å². The zero-order valence-corrected chi connectivity index (χ0v) is 15.7. The van der Waals surface area contributed by atoms with Crippen molar-refractivity contribution in [3.63, 3.8) is 0 Å². The molecule has 1 aromatic heterocycles. The van der Waals surface area contributed by atoms with Gasteiger partial charge in [-0.1, -0.05) is 18.2 Å². The molecule has 0 aliphatic carbocycles. The first-order chi connectivity index (χ1) is 13.2. The summed E-state index contributed by atoms with van der Waals surface area (Å²) in [5, 5.41) is 7.44. The molecule has 0 radical (unpaired) electrons. The average Bonchev–Trinajstić information content (AvgIpc) is 3.38. The minimum Gasteiger partial charge on any atom is -0.497 e. The van der Waals surface area contributed by atoms with Crippen LogP contribution in [-0.2, 0) is 11.3 Å². The van der Waals surface area contributed by atoms with Crippen LogP contribution in [0.5, 0.6) is 5.75 Å². The van der Waals surface area contributed by atoms with Crippen molar-refractivity contribution < 1.29 is 9.47 Å². The average molecular weight is 364 g/mol. The molecule has 0 amide bonds. The van der Waals surface area contributed by atoms with Gasteiger partial charge in [-0.15, -0.1) is 0 Å². The van der Waals surface area contributed by atoms with Gasteiger partial charge in [0.1, 0.15) is 5.75 Å². The molecule has 0 spiro atoms. The second-order valence-corrected chi connectivity index (χ2v) is 6.82. The lowest BCUT2D eigenvalue weighted by molar-refractivity contribution is 0.107. The second kappa shape index (κ2) is 7.90. The molecule has 1 fully saturated rings. The largest absolute Gasteiger partial charge is 0.497 e. The summed E-state index contributed by atoms with van der Waals surface area (Å²) in [6.45, 7) is 2.98. The van der Waals surface area contributed by atoms with Crippen molar-refractivity contribution in [2.24, 2.45) is 0 Å². The molecule has 27 heavy (non-hydrogen) atoms. The quantitative estimate of drug-likeness (QED) is 0.727. The van der Waals surface area contributed by atoms with Crippen LogP contribution in [0.25, 0.3) is 22.8 Å². The molecule has 6 nitrogen and oxygen atoms in total. The van der Waals surface area contributed by atoms with Gasteiger partial charge in [0.15, 0.2) is 11.6 Å². The third-order valence-corrected chi connectivity index (χ3v) is 5.00. The molecule has 1 aliphatic rings. The van der Waals surface area contributed by atoms with Crippen molar-refractivity contribution in [3.8, 4) is 28.5 Å². The molecule has 6 heteroatoms. The molecule has 0 bridgehead atoms. The number of rotatable bonds is 6. The van der Waals surface area contributed by atoms with Gasteiger partial charge in [0.2, 0.25) is 0 Å².